The number of hydrazine groups is 1. The molecule has 7 heteroatoms. The fourth-order valence-electron chi connectivity index (χ4n) is 1.91. The Kier molecular flexibility index (Phi) is 6.85. The van der Waals surface area contributed by atoms with Crippen molar-refractivity contribution in [3.63, 3.8) is 0 Å². The molecule has 0 aliphatic carbocycles. The Bertz CT molecular complexity index is 679. The van der Waals surface area contributed by atoms with Gasteiger partial charge < -0.3 is 15.4 Å². The van der Waals surface area contributed by atoms with Crippen molar-refractivity contribution in [2.24, 2.45) is 0 Å². The number of hydrogen-bond acceptors (Lipinski definition) is 4. The van der Waals surface area contributed by atoms with E-state index in [0.29, 0.717) is 11.7 Å². The number of nitrogens with one attached hydrogen (secondary N) is 4. The molecule has 0 saturated heterocycles. The Morgan fingerprint density at radius 2 is 1.88 bits per heavy atom. The smallest absolute Gasteiger partial charge is 0.257 e. The molecule has 0 heterocycles. The summed E-state index contributed by atoms with van der Waals surface area (Å²) in [7, 11) is 1.60. The van der Waals surface area contributed by atoms with E-state index < -0.39 is 0 Å². The normalized spacial score (nSPS) is 9.71. The first kappa shape index (κ1) is 17.6. The third-order valence-corrected chi connectivity index (χ3v) is 3.38. The summed E-state index contributed by atoms with van der Waals surface area (Å²) in [5.41, 5.74) is 7.10. The van der Waals surface area contributed by atoms with Crippen molar-refractivity contribution in [3.8, 4) is 5.75 Å². The second kappa shape index (κ2) is 9.36. The van der Waals surface area contributed by atoms with Crippen LogP contribution in [-0.4, -0.2) is 24.7 Å². The Labute approximate surface area is 146 Å². The van der Waals surface area contributed by atoms with E-state index in [4.69, 9.17) is 17.0 Å². The predicted molar refractivity (Wildman–Crippen MR) is 98.6 cm³/mol. The largest absolute Gasteiger partial charge is 0.497 e. The van der Waals surface area contributed by atoms with Crippen LogP contribution in [0.4, 0.5) is 5.69 Å². The highest BCUT2D eigenvalue weighted by Crippen LogP contribution is 2.16. The molecule has 6 nitrogen and oxygen atoms in total. The standard InChI is InChI=1S/C17H20N4O2S/c1-23-15-9-5-8-14(10-15)18-12-16(22)20-21-17(24)19-11-13-6-3-2-4-7-13/h2-10,18H,11-12H2,1H3,(H,20,22)(H2,19,21,24). The number of carbonyl (C=O) groups excluding carboxylic acids is 1. The van der Waals surface area contributed by atoms with Gasteiger partial charge in [-0.05, 0) is 29.9 Å². The van der Waals surface area contributed by atoms with Gasteiger partial charge in [-0.25, -0.2) is 0 Å². The molecule has 0 aromatic heterocycles. The maximum absolute atomic E-state index is 11.8. The van der Waals surface area contributed by atoms with E-state index in [1.54, 1.807) is 7.11 Å². The first-order valence-electron chi connectivity index (χ1n) is 7.42. The third-order valence-electron chi connectivity index (χ3n) is 3.13. The summed E-state index contributed by atoms with van der Waals surface area (Å²) in [5.74, 6) is 0.492. The fraction of sp³-hybridized carbons (Fsp3) is 0.176. The van der Waals surface area contributed by atoms with Crippen molar-refractivity contribution in [2.75, 3.05) is 19.0 Å². The zero-order chi connectivity index (χ0) is 17.2. The van der Waals surface area contributed by atoms with Crippen LogP contribution < -0.4 is 26.2 Å². The molecule has 24 heavy (non-hydrogen) atoms. The van der Waals surface area contributed by atoms with Gasteiger partial charge in [0.05, 0.1) is 13.7 Å². The molecule has 0 unspecified atom stereocenters. The monoisotopic (exact) mass is 344 g/mol. The van der Waals surface area contributed by atoms with E-state index in [-0.39, 0.29) is 12.5 Å². The number of ether oxygens (including phenoxy) is 1. The Morgan fingerprint density at radius 3 is 2.62 bits per heavy atom. The zero-order valence-corrected chi connectivity index (χ0v) is 14.2. The maximum Gasteiger partial charge on any atom is 0.257 e. The van der Waals surface area contributed by atoms with Crippen molar-refractivity contribution >= 4 is 28.9 Å². The minimum absolute atomic E-state index is 0.113. The number of thiocarbonyl (C=S) groups is 1. The lowest BCUT2D eigenvalue weighted by molar-refractivity contribution is -0.119. The zero-order valence-electron chi connectivity index (χ0n) is 13.3. The van der Waals surface area contributed by atoms with E-state index in [0.717, 1.165) is 17.0 Å². The van der Waals surface area contributed by atoms with Crippen LogP contribution >= 0.6 is 12.2 Å². The van der Waals surface area contributed by atoms with E-state index in [1.165, 1.54) is 0 Å². The molecule has 0 aliphatic rings. The summed E-state index contributed by atoms with van der Waals surface area (Å²) in [6.45, 7) is 0.700. The highest BCUT2D eigenvalue weighted by Gasteiger charge is 2.03. The van der Waals surface area contributed by atoms with Gasteiger partial charge in [0.1, 0.15) is 5.75 Å². The van der Waals surface area contributed by atoms with Crippen molar-refractivity contribution < 1.29 is 9.53 Å². The van der Waals surface area contributed by atoms with Crippen LogP contribution in [0.5, 0.6) is 5.75 Å². The quantitative estimate of drug-likeness (QED) is 0.473. The summed E-state index contributed by atoms with van der Waals surface area (Å²) in [4.78, 5) is 11.8. The van der Waals surface area contributed by atoms with Crippen LogP contribution in [0.3, 0.4) is 0 Å². The van der Waals surface area contributed by atoms with Crippen LogP contribution in [0.2, 0.25) is 0 Å². The van der Waals surface area contributed by atoms with Crippen molar-refractivity contribution in [2.45, 2.75) is 6.54 Å². The highest BCUT2D eigenvalue weighted by atomic mass is 32.1. The van der Waals surface area contributed by atoms with E-state index in [1.807, 2.05) is 54.6 Å². The van der Waals surface area contributed by atoms with E-state index in [9.17, 15) is 4.79 Å². The lowest BCUT2D eigenvalue weighted by Gasteiger charge is -2.12. The van der Waals surface area contributed by atoms with Gasteiger partial charge in [-0.2, -0.15) is 0 Å². The molecule has 0 fully saturated rings. The Morgan fingerprint density at radius 1 is 1.08 bits per heavy atom. The molecule has 0 spiro atoms. The van der Waals surface area contributed by atoms with E-state index >= 15 is 0 Å². The Balaban J connectivity index is 1.66. The fourth-order valence-corrected chi connectivity index (χ4v) is 2.03. The predicted octanol–water partition coefficient (Wildman–Crippen LogP) is 1.80. The summed E-state index contributed by atoms with van der Waals surface area (Å²) in [5, 5.41) is 6.37. The lowest BCUT2D eigenvalue weighted by Crippen LogP contribution is -2.48. The molecule has 2 aromatic carbocycles. The number of amides is 1. The molecule has 2 rings (SSSR count). The molecule has 0 atom stereocenters. The number of benzene rings is 2. The molecular weight excluding hydrogens is 324 g/mol. The second-order valence-electron chi connectivity index (χ2n) is 4.93. The molecule has 2 aromatic rings. The second-order valence-corrected chi connectivity index (χ2v) is 5.34. The third kappa shape index (κ3) is 6.13. The summed E-state index contributed by atoms with van der Waals surface area (Å²) in [6, 6.07) is 17.2. The molecule has 0 aliphatic heterocycles. The van der Waals surface area contributed by atoms with Gasteiger partial charge in [0, 0.05) is 18.3 Å². The number of hydrogen-bond donors (Lipinski definition) is 4. The van der Waals surface area contributed by atoms with Gasteiger partial charge in [0.15, 0.2) is 5.11 Å². The van der Waals surface area contributed by atoms with Gasteiger partial charge in [-0.15, -0.1) is 0 Å². The van der Waals surface area contributed by atoms with Crippen molar-refractivity contribution in [1.29, 1.82) is 0 Å². The van der Waals surface area contributed by atoms with Gasteiger partial charge in [0.2, 0.25) is 0 Å². The SMILES string of the molecule is COc1cccc(NCC(=O)NNC(=S)NCc2ccccc2)c1. The first-order valence-corrected chi connectivity index (χ1v) is 7.83. The molecule has 1 amide bonds. The highest BCUT2D eigenvalue weighted by molar-refractivity contribution is 7.80. The topological polar surface area (TPSA) is 74.4 Å². The molecule has 4 N–H and O–H groups in total. The van der Waals surface area contributed by atoms with Crippen LogP contribution in [-0.2, 0) is 11.3 Å². The van der Waals surface area contributed by atoms with Crippen LogP contribution in [0.15, 0.2) is 54.6 Å². The van der Waals surface area contributed by atoms with E-state index in [2.05, 4.69) is 21.5 Å². The number of carbonyl (C=O) groups is 1. The lowest BCUT2D eigenvalue weighted by atomic mass is 10.2. The molecule has 0 radical (unpaired) electrons. The average Bonchev–Trinajstić information content (AvgIpc) is 2.64. The number of rotatable bonds is 6. The van der Waals surface area contributed by atoms with Crippen molar-refractivity contribution in [3.05, 3.63) is 60.2 Å². The van der Waals surface area contributed by atoms with Crippen molar-refractivity contribution in [1.82, 2.24) is 16.2 Å². The first-order chi connectivity index (χ1) is 11.7. The molecular formula is C17H20N4O2S. The summed E-state index contributed by atoms with van der Waals surface area (Å²) in [6.07, 6.45) is 0. The Hall–Kier alpha value is -2.80. The van der Waals surface area contributed by atoms with Gasteiger partial charge >= 0.3 is 0 Å². The molecule has 126 valence electrons. The number of anilines is 1. The number of methoxy groups -OCH3 is 1. The van der Waals surface area contributed by atoms with Gasteiger partial charge in [-0.1, -0.05) is 36.4 Å². The van der Waals surface area contributed by atoms with Gasteiger partial charge in [-0.3, -0.25) is 15.6 Å². The summed E-state index contributed by atoms with van der Waals surface area (Å²) >= 11 is 5.11. The molecule has 0 saturated carbocycles. The van der Waals surface area contributed by atoms with Gasteiger partial charge in [0.25, 0.3) is 5.91 Å². The summed E-state index contributed by atoms with van der Waals surface area (Å²) < 4.78 is 5.13. The molecule has 0 bridgehead atoms. The minimum Gasteiger partial charge on any atom is -0.497 e. The average molecular weight is 344 g/mol. The van der Waals surface area contributed by atoms with Crippen LogP contribution in [0.25, 0.3) is 0 Å². The van der Waals surface area contributed by atoms with Crippen LogP contribution in [0.1, 0.15) is 5.56 Å². The van der Waals surface area contributed by atoms with Crippen LogP contribution in [0, 0.1) is 0 Å². The maximum atomic E-state index is 11.8. The minimum atomic E-state index is -0.235.